The Morgan fingerprint density at radius 2 is 1.38 bits per heavy atom. The molecule has 0 spiro atoms. The van der Waals surface area contributed by atoms with E-state index in [1.807, 2.05) is 0 Å². The summed E-state index contributed by atoms with van der Waals surface area (Å²) >= 11 is 4.31. The van der Waals surface area contributed by atoms with Gasteiger partial charge in [-0.1, -0.05) is 12.2 Å². The van der Waals surface area contributed by atoms with Crippen molar-refractivity contribution in [3.63, 3.8) is 0 Å². The zero-order valence-electron chi connectivity index (χ0n) is 4.97. The van der Waals surface area contributed by atoms with Crippen LogP contribution in [0.4, 0.5) is 0 Å². The first-order valence-corrected chi connectivity index (χ1v) is 2.39. The molecule has 0 aliphatic carbocycles. The van der Waals surface area contributed by atoms with Crippen LogP contribution in [0, 0.1) is 0 Å². The van der Waals surface area contributed by atoms with Crippen LogP contribution in [0.15, 0.2) is 0 Å². The minimum absolute atomic E-state index is 0.333. The van der Waals surface area contributed by atoms with Crippen LogP contribution in [-0.2, 0) is 4.79 Å². The van der Waals surface area contributed by atoms with Crippen molar-refractivity contribution in [2.45, 2.75) is 13.8 Å². The van der Waals surface area contributed by atoms with E-state index in [-0.39, 0.29) is 5.91 Å². The number of carbonyl (C=O) groups excluding carboxylic acids is 1. The monoisotopic (exact) mass is 134 g/mol. The number of hydrogen-bond donors (Lipinski definition) is 2. The van der Waals surface area contributed by atoms with Crippen molar-refractivity contribution in [2.75, 3.05) is 0 Å². The van der Waals surface area contributed by atoms with E-state index in [1.54, 1.807) is 6.92 Å². The Kier molecular flexibility index (Phi) is 8.24. The summed E-state index contributed by atoms with van der Waals surface area (Å²) in [5.74, 6) is -0.333. The highest BCUT2D eigenvalue weighted by molar-refractivity contribution is 7.80. The maximum absolute atomic E-state index is 9.22. The normalized spacial score (nSPS) is 6.25. The van der Waals surface area contributed by atoms with Crippen LogP contribution in [0.2, 0.25) is 0 Å². The van der Waals surface area contributed by atoms with Gasteiger partial charge in [-0.25, -0.2) is 0 Å². The van der Waals surface area contributed by atoms with Gasteiger partial charge in [-0.2, -0.15) is 0 Å². The Labute approximate surface area is 54.0 Å². The van der Waals surface area contributed by atoms with Crippen molar-refractivity contribution in [1.82, 2.24) is 0 Å². The van der Waals surface area contributed by atoms with Crippen LogP contribution in [0.25, 0.3) is 0 Å². The second-order valence-electron chi connectivity index (χ2n) is 1.22. The highest BCUT2D eigenvalue weighted by atomic mass is 32.1. The number of primary amides is 1. The third-order valence-electron chi connectivity index (χ3n) is 0. The fraction of sp³-hybridized carbons (Fsp3) is 0.500. The van der Waals surface area contributed by atoms with Crippen molar-refractivity contribution in [2.24, 2.45) is 11.5 Å². The molecular weight excluding hydrogens is 124 g/mol. The molecular formula is C4H10N2OS. The number of carbonyl (C=O) groups is 1. The van der Waals surface area contributed by atoms with Gasteiger partial charge < -0.3 is 11.5 Å². The lowest BCUT2D eigenvalue weighted by molar-refractivity contribution is -0.115. The predicted molar refractivity (Wildman–Crippen MR) is 37.3 cm³/mol. The van der Waals surface area contributed by atoms with Crippen LogP contribution in [0.1, 0.15) is 13.8 Å². The molecule has 1 amide bonds. The summed E-state index contributed by atoms with van der Waals surface area (Å²) in [4.78, 5) is 9.72. The zero-order chi connectivity index (χ0) is 7.15. The molecule has 0 atom stereocenters. The molecule has 0 aromatic carbocycles. The van der Waals surface area contributed by atoms with Crippen molar-refractivity contribution < 1.29 is 4.79 Å². The first-order valence-electron chi connectivity index (χ1n) is 1.99. The summed E-state index contributed by atoms with van der Waals surface area (Å²) in [5, 5.41) is 0. The Hall–Kier alpha value is -0.640. The van der Waals surface area contributed by atoms with Crippen LogP contribution in [0.3, 0.4) is 0 Å². The number of thiocarbonyl (C=S) groups is 1. The lowest BCUT2D eigenvalue weighted by Crippen LogP contribution is -2.01. The number of hydrogen-bond acceptors (Lipinski definition) is 2. The van der Waals surface area contributed by atoms with Crippen molar-refractivity contribution in [1.29, 1.82) is 0 Å². The molecule has 0 saturated heterocycles. The third kappa shape index (κ3) is 249. The quantitative estimate of drug-likeness (QED) is 0.450. The Bertz CT molecular complexity index is 72.0. The highest BCUT2D eigenvalue weighted by Crippen LogP contribution is 1.48. The minimum Gasteiger partial charge on any atom is -0.394 e. The van der Waals surface area contributed by atoms with Gasteiger partial charge in [0, 0.05) is 6.92 Å². The molecule has 3 nitrogen and oxygen atoms in total. The van der Waals surface area contributed by atoms with Gasteiger partial charge in [-0.15, -0.1) is 0 Å². The van der Waals surface area contributed by atoms with Gasteiger partial charge in [-0.05, 0) is 6.92 Å². The lowest BCUT2D eigenvalue weighted by atomic mass is 10.8. The molecule has 0 rings (SSSR count). The van der Waals surface area contributed by atoms with Gasteiger partial charge in [0.25, 0.3) is 0 Å². The van der Waals surface area contributed by atoms with E-state index in [1.165, 1.54) is 6.92 Å². The first kappa shape index (κ1) is 10.4. The molecule has 0 unspecified atom stereocenters. The molecule has 4 N–H and O–H groups in total. The molecule has 0 aromatic rings. The molecule has 0 aliphatic rings. The standard InChI is InChI=1S/C2H5NO.C2H5NS/c2*1-2(3)4/h2*1H3,(H2,3,4). The summed E-state index contributed by atoms with van der Waals surface area (Å²) < 4.78 is 0. The molecule has 0 radical (unpaired) electrons. The van der Waals surface area contributed by atoms with Crippen LogP contribution in [0.5, 0.6) is 0 Å². The van der Waals surface area contributed by atoms with E-state index < -0.39 is 0 Å². The van der Waals surface area contributed by atoms with Gasteiger partial charge in [-0.3, -0.25) is 4.79 Å². The first-order chi connectivity index (χ1) is 3.46. The molecule has 8 heavy (non-hydrogen) atoms. The fourth-order valence-corrected chi connectivity index (χ4v) is 0. The number of amides is 1. The average Bonchev–Trinajstić information content (AvgIpc) is 1.25. The van der Waals surface area contributed by atoms with Crippen molar-refractivity contribution in [3.8, 4) is 0 Å². The van der Waals surface area contributed by atoms with E-state index in [9.17, 15) is 4.79 Å². The van der Waals surface area contributed by atoms with Gasteiger partial charge in [0.2, 0.25) is 5.91 Å². The summed E-state index contributed by atoms with van der Waals surface area (Å²) in [7, 11) is 0. The zero-order valence-corrected chi connectivity index (χ0v) is 5.79. The molecule has 0 bridgehead atoms. The molecule has 0 saturated carbocycles. The Morgan fingerprint density at radius 3 is 1.38 bits per heavy atom. The molecule has 0 fully saturated rings. The Balaban J connectivity index is 0. The molecule has 0 aromatic heterocycles. The third-order valence-corrected chi connectivity index (χ3v) is 0. The Morgan fingerprint density at radius 1 is 1.38 bits per heavy atom. The minimum atomic E-state index is -0.333. The number of rotatable bonds is 0. The van der Waals surface area contributed by atoms with E-state index >= 15 is 0 Å². The van der Waals surface area contributed by atoms with Crippen molar-refractivity contribution >= 4 is 23.1 Å². The fourth-order valence-electron chi connectivity index (χ4n) is 0. The maximum atomic E-state index is 9.22. The largest absolute Gasteiger partial charge is 0.394 e. The molecule has 0 aliphatic heterocycles. The second kappa shape index (κ2) is 6.36. The van der Waals surface area contributed by atoms with E-state index in [0.29, 0.717) is 4.99 Å². The highest BCUT2D eigenvalue weighted by Gasteiger charge is 1.61. The van der Waals surface area contributed by atoms with Crippen molar-refractivity contribution in [3.05, 3.63) is 0 Å². The van der Waals surface area contributed by atoms with Gasteiger partial charge >= 0.3 is 0 Å². The van der Waals surface area contributed by atoms with Crippen LogP contribution in [-0.4, -0.2) is 10.9 Å². The van der Waals surface area contributed by atoms with Gasteiger partial charge in [0.15, 0.2) is 0 Å². The average molecular weight is 134 g/mol. The summed E-state index contributed by atoms with van der Waals surface area (Å²) in [6.45, 7) is 2.98. The predicted octanol–water partition coefficient (Wildman–Crippen LogP) is -0.216. The molecule has 48 valence electrons. The SMILES string of the molecule is CC(N)=O.CC(N)=S. The lowest BCUT2D eigenvalue weighted by Gasteiger charge is -1.65. The summed E-state index contributed by atoms with van der Waals surface area (Å²) in [6.07, 6.45) is 0. The number of nitrogens with two attached hydrogens (primary N) is 2. The summed E-state index contributed by atoms with van der Waals surface area (Å²) in [5.41, 5.74) is 9.31. The topological polar surface area (TPSA) is 69.1 Å². The summed E-state index contributed by atoms with van der Waals surface area (Å²) in [6, 6.07) is 0. The molecule has 4 heteroatoms. The van der Waals surface area contributed by atoms with E-state index in [4.69, 9.17) is 5.73 Å². The van der Waals surface area contributed by atoms with Crippen LogP contribution >= 0.6 is 12.2 Å². The smallest absolute Gasteiger partial charge is 0.214 e. The van der Waals surface area contributed by atoms with E-state index in [0.717, 1.165) is 0 Å². The van der Waals surface area contributed by atoms with E-state index in [2.05, 4.69) is 18.0 Å². The van der Waals surface area contributed by atoms with Crippen LogP contribution < -0.4 is 11.5 Å². The second-order valence-corrected chi connectivity index (χ2v) is 1.87. The van der Waals surface area contributed by atoms with Gasteiger partial charge in [0.05, 0.1) is 4.99 Å². The van der Waals surface area contributed by atoms with Gasteiger partial charge in [0.1, 0.15) is 0 Å². The maximum Gasteiger partial charge on any atom is 0.214 e. The molecule has 0 heterocycles.